The zero-order chi connectivity index (χ0) is 46.7. The van der Waals surface area contributed by atoms with Crippen LogP contribution in [0.3, 0.4) is 0 Å². The second-order valence-corrected chi connectivity index (χ2v) is 19.3. The highest BCUT2D eigenvalue weighted by Crippen LogP contribution is 2.21. The van der Waals surface area contributed by atoms with Gasteiger partial charge in [-0.3, -0.25) is 19.2 Å². The number of ether oxygens (including phenoxy) is 2. The van der Waals surface area contributed by atoms with Gasteiger partial charge in [-0.15, -0.1) is 0 Å². The van der Waals surface area contributed by atoms with E-state index < -0.39 is 10.9 Å². The van der Waals surface area contributed by atoms with Crippen LogP contribution in [0.5, 0.6) is 0 Å². The average Bonchev–Trinajstić information content (AvgIpc) is 3.29. The number of carbonyl (C=O) groups is 2. The van der Waals surface area contributed by atoms with Crippen LogP contribution in [0.15, 0.2) is 9.59 Å². The molecule has 9 nitrogen and oxygen atoms in total. The van der Waals surface area contributed by atoms with Crippen LogP contribution in [0.1, 0.15) is 265 Å². The smallest absolute Gasteiger partial charge is 0.306 e. The van der Waals surface area contributed by atoms with E-state index in [1.807, 2.05) is 0 Å². The van der Waals surface area contributed by atoms with Crippen molar-refractivity contribution >= 4 is 23.3 Å². The lowest BCUT2D eigenvalue weighted by atomic mass is 9.95. The van der Waals surface area contributed by atoms with Gasteiger partial charge in [0.05, 0.1) is 6.61 Å². The number of unbranched alkanes of at least 4 members (excludes halogenated alkanes) is 24. The van der Waals surface area contributed by atoms with E-state index in [1.165, 1.54) is 128 Å². The summed E-state index contributed by atoms with van der Waals surface area (Å²) < 4.78 is 11.9. The summed E-state index contributed by atoms with van der Waals surface area (Å²) in [5.74, 6) is 0.483. The quantitative estimate of drug-likeness (QED) is 0.0375. The van der Waals surface area contributed by atoms with E-state index in [0.717, 1.165) is 116 Å². The summed E-state index contributed by atoms with van der Waals surface area (Å²) in [6, 6.07) is 0. The monoisotopic (exact) mass is 902 g/mol. The number of hydrogen-bond donors (Lipinski definition) is 2. The second-order valence-electron chi connectivity index (χ2n) is 19.3. The molecule has 0 aromatic heterocycles. The number of anilines is 2. The molecule has 1 aromatic rings. The van der Waals surface area contributed by atoms with Crippen LogP contribution in [-0.2, 0) is 19.1 Å². The minimum atomic E-state index is -0.438. The van der Waals surface area contributed by atoms with Gasteiger partial charge in [0.1, 0.15) is 17.5 Å². The van der Waals surface area contributed by atoms with Gasteiger partial charge < -0.3 is 25.0 Å². The minimum Gasteiger partial charge on any atom is -0.465 e. The second kappa shape index (κ2) is 43.2. The molecule has 2 N–H and O–H groups in total. The highest BCUT2D eigenvalue weighted by atomic mass is 16.5. The third-order valence-electron chi connectivity index (χ3n) is 13.3. The molecule has 0 aliphatic heterocycles. The molecule has 64 heavy (non-hydrogen) atoms. The predicted molar refractivity (Wildman–Crippen MR) is 274 cm³/mol. The van der Waals surface area contributed by atoms with Crippen molar-refractivity contribution in [3.8, 4) is 0 Å². The molecule has 0 spiro atoms. The maximum Gasteiger partial charge on any atom is 0.306 e. The van der Waals surface area contributed by atoms with E-state index in [0.29, 0.717) is 43.3 Å². The average molecular weight is 902 g/mol. The molecular weight excluding hydrogens is 799 g/mol. The highest BCUT2D eigenvalue weighted by molar-refractivity contribution is 5.73. The van der Waals surface area contributed by atoms with Gasteiger partial charge in [0.15, 0.2) is 0 Å². The van der Waals surface area contributed by atoms with Crippen LogP contribution >= 0.6 is 0 Å². The largest absolute Gasteiger partial charge is 0.465 e. The van der Waals surface area contributed by atoms with Gasteiger partial charge in [0.2, 0.25) is 0 Å². The van der Waals surface area contributed by atoms with E-state index in [9.17, 15) is 19.2 Å². The molecule has 0 heterocycles. The molecule has 374 valence electrons. The van der Waals surface area contributed by atoms with Crippen molar-refractivity contribution in [1.29, 1.82) is 0 Å². The lowest BCUT2D eigenvalue weighted by Gasteiger charge is -2.23. The Hall–Kier alpha value is -2.42. The molecule has 0 radical (unpaired) electrons. The first-order valence-corrected chi connectivity index (χ1v) is 27.6. The van der Waals surface area contributed by atoms with Crippen molar-refractivity contribution in [3.63, 3.8) is 0 Å². The van der Waals surface area contributed by atoms with Crippen LogP contribution < -0.4 is 21.5 Å². The summed E-state index contributed by atoms with van der Waals surface area (Å²) >= 11 is 0. The van der Waals surface area contributed by atoms with E-state index in [2.05, 4.69) is 43.2 Å². The molecule has 0 saturated heterocycles. The van der Waals surface area contributed by atoms with Crippen molar-refractivity contribution in [1.82, 2.24) is 4.90 Å². The fraction of sp³-hybridized carbons (Fsp3) is 0.891. The van der Waals surface area contributed by atoms with Gasteiger partial charge in [0.25, 0.3) is 10.9 Å². The number of nitrogens with zero attached hydrogens (tertiary/aromatic N) is 1. The molecule has 0 amide bonds. The Bertz CT molecular complexity index is 1280. The Kier molecular flexibility index (Phi) is 40.2. The molecule has 9 heteroatoms. The van der Waals surface area contributed by atoms with Gasteiger partial charge in [-0.1, -0.05) is 182 Å². The first-order valence-electron chi connectivity index (χ1n) is 27.6. The van der Waals surface area contributed by atoms with E-state index in [-0.39, 0.29) is 18.0 Å². The standard InChI is InChI=1S/C55H103N3O6/c1-6-10-14-17-22-30-39-49(40-31-23-18-15-11-7-2)64-51(60)42-33-25-20-27-35-45-58(46-36-43-57-53-52(56-5)54(61)55(53)62)44-34-26-19-24-32-41-50(59)63-47-48(37-28-13-9-4)38-29-21-16-12-8-3/h48-49,56-57H,6-47H2,1-5H3. The van der Waals surface area contributed by atoms with E-state index in [1.54, 1.807) is 7.05 Å². The topological polar surface area (TPSA) is 114 Å². The third kappa shape index (κ3) is 32.3. The normalized spacial score (nSPS) is 12.1. The molecule has 0 aliphatic rings. The Morgan fingerprint density at radius 2 is 0.859 bits per heavy atom. The SMILES string of the molecule is CCCCCCCCC(CCCCCCCC)OC(=O)CCCCCCCN(CCCCCCCC(=O)OCC(CCCCC)CCCCCCC)CCCNc1c(NC)c(=O)c1=O. The molecule has 1 aromatic carbocycles. The van der Waals surface area contributed by atoms with Crippen molar-refractivity contribution in [2.24, 2.45) is 5.92 Å². The van der Waals surface area contributed by atoms with Crippen molar-refractivity contribution < 1.29 is 19.1 Å². The van der Waals surface area contributed by atoms with Crippen LogP contribution in [0.4, 0.5) is 11.4 Å². The maximum atomic E-state index is 12.9. The van der Waals surface area contributed by atoms with Crippen LogP contribution in [0.2, 0.25) is 0 Å². The van der Waals surface area contributed by atoms with Crippen LogP contribution in [-0.4, -0.2) is 62.8 Å². The zero-order valence-corrected chi connectivity index (χ0v) is 42.7. The molecule has 0 fully saturated rings. The molecule has 1 atom stereocenters. The number of rotatable bonds is 49. The Labute approximate surface area is 394 Å². The van der Waals surface area contributed by atoms with Gasteiger partial charge >= 0.3 is 11.9 Å². The van der Waals surface area contributed by atoms with Gasteiger partial charge in [0, 0.05) is 26.4 Å². The lowest BCUT2D eigenvalue weighted by Crippen LogP contribution is -2.37. The number of nitrogens with one attached hydrogen (secondary N) is 2. The van der Waals surface area contributed by atoms with Crippen molar-refractivity contribution in [3.05, 3.63) is 20.4 Å². The van der Waals surface area contributed by atoms with Gasteiger partial charge in [-0.25, -0.2) is 0 Å². The fourth-order valence-corrected chi connectivity index (χ4v) is 9.05. The summed E-state index contributed by atoms with van der Waals surface area (Å²) in [6.45, 7) is 13.3. The Morgan fingerprint density at radius 3 is 1.38 bits per heavy atom. The molecule has 1 rings (SSSR count). The zero-order valence-electron chi connectivity index (χ0n) is 42.7. The lowest BCUT2D eigenvalue weighted by molar-refractivity contribution is -0.150. The first-order chi connectivity index (χ1) is 31.3. The summed E-state index contributed by atoms with van der Waals surface area (Å²) in [5, 5.41) is 6.03. The predicted octanol–water partition coefficient (Wildman–Crippen LogP) is 14.6. The highest BCUT2D eigenvalue weighted by Gasteiger charge is 2.19. The summed E-state index contributed by atoms with van der Waals surface area (Å²) in [7, 11) is 1.67. The van der Waals surface area contributed by atoms with Gasteiger partial charge in [-0.05, 0) is 96.2 Å². The summed E-state index contributed by atoms with van der Waals surface area (Å²) in [6.07, 6.45) is 42.5. The number of hydrogen-bond acceptors (Lipinski definition) is 9. The van der Waals surface area contributed by atoms with Crippen LogP contribution in [0, 0.1) is 5.92 Å². The molecular formula is C55H103N3O6. The van der Waals surface area contributed by atoms with Gasteiger partial charge in [-0.2, -0.15) is 0 Å². The Morgan fingerprint density at radius 1 is 0.469 bits per heavy atom. The number of esters is 2. The number of carbonyl (C=O) groups excluding carboxylic acids is 2. The molecule has 0 saturated carbocycles. The molecule has 0 bridgehead atoms. The third-order valence-corrected chi connectivity index (χ3v) is 13.3. The summed E-state index contributed by atoms with van der Waals surface area (Å²) in [5.41, 5.74) is -0.0537. The maximum absolute atomic E-state index is 12.9. The molecule has 1 unspecified atom stereocenters. The van der Waals surface area contributed by atoms with Crippen LogP contribution in [0.25, 0.3) is 0 Å². The minimum absolute atomic E-state index is 0.00244. The van der Waals surface area contributed by atoms with Crippen molar-refractivity contribution in [2.75, 3.05) is 50.5 Å². The first kappa shape index (κ1) is 59.6. The Balaban J connectivity index is 2.44. The fourth-order valence-electron chi connectivity index (χ4n) is 9.05. The molecule has 0 aliphatic carbocycles. The van der Waals surface area contributed by atoms with E-state index >= 15 is 0 Å². The van der Waals surface area contributed by atoms with E-state index in [4.69, 9.17) is 9.47 Å². The summed E-state index contributed by atoms with van der Waals surface area (Å²) in [4.78, 5) is 51.9. The van der Waals surface area contributed by atoms with Crippen molar-refractivity contribution in [2.45, 2.75) is 271 Å².